The maximum atomic E-state index is 13.5. The molecule has 2 aromatic rings. The van der Waals surface area contributed by atoms with E-state index in [1.807, 2.05) is 26.0 Å². The minimum absolute atomic E-state index is 0.0606. The van der Waals surface area contributed by atoms with Gasteiger partial charge < -0.3 is 38.3 Å². The number of rotatable bonds is 17. The lowest BCUT2D eigenvalue weighted by Crippen LogP contribution is -2.58. The fourth-order valence-corrected chi connectivity index (χ4v) is 4.32. The van der Waals surface area contributed by atoms with Crippen LogP contribution in [-0.4, -0.2) is 65.5 Å². The average molecular weight is 582 g/mol. The summed E-state index contributed by atoms with van der Waals surface area (Å²) in [6.07, 6.45) is 1.12. The van der Waals surface area contributed by atoms with Gasteiger partial charge >= 0.3 is 5.97 Å². The predicted octanol–water partition coefficient (Wildman–Crippen LogP) is 0.438. The molecule has 0 aliphatic carbocycles. The van der Waals surface area contributed by atoms with Gasteiger partial charge in [0.1, 0.15) is 18.1 Å². The van der Waals surface area contributed by atoms with Crippen molar-refractivity contribution in [2.75, 3.05) is 6.54 Å². The van der Waals surface area contributed by atoms with E-state index in [-0.39, 0.29) is 37.7 Å². The topological polar surface area (TPSA) is 215 Å². The monoisotopic (exact) mass is 581 g/mol. The van der Waals surface area contributed by atoms with Gasteiger partial charge in [-0.25, -0.2) is 4.79 Å². The van der Waals surface area contributed by atoms with E-state index in [0.29, 0.717) is 12.8 Å². The number of nitrogens with zero attached hydrogens (tertiary/aromatic N) is 1. The summed E-state index contributed by atoms with van der Waals surface area (Å²) in [5.74, 6) is -2.92. The smallest absolute Gasteiger partial charge is 0.326 e. The van der Waals surface area contributed by atoms with Gasteiger partial charge in [0.2, 0.25) is 17.7 Å². The lowest BCUT2D eigenvalue weighted by Gasteiger charge is -2.25. The van der Waals surface area contributed by atoms with Crippen LogP contribution in [-0.2, 0) is 32.0 Å². The number of nitrogens with one attached hydrogen (secondary N) is 3. The van der Waals surface area contributed by atoms with Crippen molar-refractivity contribution >= 4 is 29.7 Å². The third-order valence-electron chi connectivity index (χ3n) is 6.45. The van der Waals surface area contributed by atoms with Crippen LogP contribution in [0.25, 0.3) is 0 Å². The summed E-state index contributed by atoms with van der Waals surface area (Å²) in [4.78, 5) is 55.7. The highest BCUT2D eigenvalue weighted by Crippen LogP contribution is 2.09. The second-order valence-electron chi connectivity index (χ2n) is 10.6. The first-order valence-corrected chi connectivity index (χ1v) is 14.0. The zero-order chi connectivity index (χ0) is 31.1. The molecule has 3 amide bonds. The Bertz CT molecular complexity index is 1190. The van der Waals surface area contributed by atoms with Crippen molar-refractivity contribution in [3.63, 3.8) is 0 Å². The Balaban J connectivity index is 2.26. The molecule has 0 spiro atoms. The maximum absolute atomic E-state index is 13.5. The van der Waals surface area contributed by atoms with E-state index in [4.69, 9.17) is 17.2 Å². The van der Waals surface area contributed by atoms with Crippen LogP contribution in [0.4, 0.5) is 0 Å². The van der Waals surface area contributed by atoms with Gasteiger partial charge in [0.15, 0.2) is 5.96 Å². The van der Waals surface area contributed by atoms with Gasteiger partial charge in [-0.1, -0.05) is 74.5 Å². The minimum Gasteiger partial charge on any atom is -0.480 e. The molecular formula is C30H43N7O5. The summed E-state index contributed by atoms with van der Waals surface area (Å²) in [6, 6.07) is 13.7. The van der Waals surface area contributed by atoms with Crippen LogP contribution in [0.2, 0.25) is 0 Å². The van der Waals surface area contributed by atoms with E-state index < -0.39 is 47.9 Å². The second kappa shape index (κ2) is 17.4. The molecule has 0 heterocycles. The van der Waals surface area contributed by atoms with Gasteiger partial charge in [-0.15, -0.1) is 0 Å². The van der Waals surface area contributed by atoms with E-state index >= 15 is 0 Å². The number of amides is 3. The van der Waals surface area contributed by atoms with Gasteiger partial charge in [-0.2, -0.15) is 0 Å². The van der Waals surface area contributed by atoms with E-state index in [0.717, 1.165) is 11.1 Å². The third kappa shape index (κ3) is 12.4. The molecule has 228 valence electrons. The molecule has 0 radical (unpaired) electrons. The van der Waals surface area contributed by atoms with Crippen LogP contribution in [0.1, 0.15) is 44.2 Å². The largest absolute Gasteiger partial charge is 0.480 e. The fourth-order valence-electron chi connectivity index (χ4n) is 4.32. The Labute approximate surface area is 246 Å². The molecule has 4 atom stereocenters. The molecule has 10 N–H and O–H groups in total. The maximum Gasteiger partial charge on any atom is 0.326 e. The number of hydrogen-bond donors (Lipinski definition) is 7. The summed E-state index contributed by atoms with van der Waals surface area (Å²) >= 11 is 0. The van der Waals surface area contributed by atoms with Crippen LogP contribution in [0, 0.1) is 5.92 Å². The lowest BCUT2D eigenvalue weighted by molar-refractivity contribution is -0.142. The highest BCUT2D eigenvalue weighted by atomic mass is 16.4. The highest BCUT2D eigenvalue weighted by molar-refractivity contribution is 5.94. The molecule has 12 heteroatoms. The number of hydrogen-bond acceptors (Lipinski definition) is 6. The third-order valence-corrected chi connectivity index (χ3v) is 6.45. The number of aliphatic imine (C=N–C) groups is 1. The zero-order valence-corrected chi connectivity index (χ0v) is 24.2. The SMILES string of the molecule is CC(C)CC(N)C(=O)NC(CCCN=C(N)N)C(=O)NC(Cc1ccccc1)C(=O)NC(Cc1ccccc1)C(=O)O. The van der Waals surface area contributed by atoms with E-state index in [9.17, 15) is 24.3 Å². The number of carbonyl (C=O) groups is 4. The number of carboxylic acid groups (broad SMARTS) is 1. The molecule has 0 fully saturated rings. The average Bonchev–Trinajstić information content (AvgIpc) is 2.94. The Morgan fingerprint density at radius 2 is 1.24 bits per heavy atom. The van der Waals surface area contributed by atoms with Gasteiger partial charge in [0.25, 0.3) is 0 Å². The molecule has 4 unspecified atom stereocenters. The quantitative estimate of drug-likeness (QED) is 0.0788. The van der Waals surface area contributed by atoms with Crippen LogP contribution in [0.3, 0.4) is 0 Å². The number of carboxylic acids is 1. The van der Waals surface area contributed by atoms with Gasteiger partial charge in [-0.3, -0.25) is 19.4 Å². The fraction of sp³-hybridized carbons (Fsp3) is 0.433. The summed E-state index contributed by atoms with van der Waals surface area (Å²) in [5, 5.41) is 17.8. The Kier molecular flexibility index (Phi) is 14.0. The molecule has 2 aromatic carbocycles. The second-order valence-corrected chi connectivity index (χ2v) is 10.6. The number of carbonyl (C=O) groups excluding carboxylic acids is 3. The first-order valence-electron chi connectivity index (χ1n) is 14.0. The molecule has 0 aliphatic rings. The Morgan fingerprint density at radius 1 is 0.762 bits per heavy atom. The Morgan fingerprint density at radius 3 is 1.74 bits per heavy atom. The van der Waals surface area contributed by atoms with Gasteiger partial charge in [-0.05, 0) is 36.3 Å². The van der Waals surface area contributed by atoms with Crippen molar-refractivity contribution in [2.45, 2.75) is 70.1 Å². The van der Waals surface area contributed by atoms with E-state index in [1.165, 1.54) is 0 Å². The van der Waals surface area contributed by atoms with Crippen molar-refractivity contribution in [3.8, 4) is 0 Å². The van der Waals surface area contributed by atoms with Gasteiger partial charge in [0.05, 0.1) is 6.04 Å². The molecule has 0 bridgehead atoms. The summed E-state index contributed by atoms with van der Waals surface area (Å²) in [6.45, 7) is 4.09. The summed E-state index contributed by atoms with van der Waals surface area (Å²) < 4.78 is 0. The molecule has 42 heavy (non-hydrogen) atoms. The minimum atomic E-state index is -1.22. The van der Waals surface area contributed by atoms with Crippen molar-refractivity contribution in [2.24, 2.45) is 28.1 Å². The molecule has 12 nitrogen and oxygen atoms in total. The predicted molar refractivity (Wildman–Crippen MR) is 161 cm³/mol. The van der Waals surface area contributed by atoms with E-state index in [2.05, 4.69) is 20.9 Å². The van der Waals surface area contributed by atoms with Crippen LogP contribution in [0.15, 0.2) is 65.7 Å². The van der Waals surface area contributed by atoms with Crippen molar-refractivity contribution in [1.29, 1.82) is 0 Å². The number of aliphatic carboxylic acids is 1. The summed E-state index contributed by atoms with van der Waals surface area (Å²) in [5.41, 5.74) is 18.3. The standard InChI is InChI=1S/C30H43N7O5/c1-19(2)16-22(31)26(38)35-23(14-9-15-34-30(32)33)27(39)36-24(17-20-10-5-3-6-11-20)28(40)37-25(29(41)42)18-21-12-7-4-8-13-21/h3-8,10-13,19,22-25H,9,14-18,31H2,1-2H3,(H,35,38)(H,36,39)(H,37,40)(H,41,42)(H4,32,33,34). The molecular weight excluding hydrogens is 538 g/mol. The van der Waals surface area contributed by atoms with Crippen LogP contribution < -0.4 is 33.2 Å². The molecule has 0 aliphatic heterocycles. The van der Waals surface area contributed by atoms with E-state index in [1.54, 1.807) is 48.5 Å². The summed E-state index contributed by atoms with van der Waals surface area (Å²) in [7, 11) is 0. The van der Waals surface area contributed by atoms with Crippen LogP contribution in [0.5, 0.6) is 0 Å². The highest BCUT2D eigenvalue weighted by Gasteiger charge is 2.30. The zero-order valence-electron chi connectivity index (χ0n) is 24.2. The van der Waals surface area contributed by atoms with Crippen molar-refractivity contribution in [3.05, 3.63) is 71.8 Å². The lowest BCUT2D eigenvalue weighted by atomic mass is 10.0. The molecule has 0 saturated carbocycles. The molecule has 0 saturated heterocycles. The number of benzene rings is 2. The van der Waals surface area contributed by atoms with Crippen molar-refractivity contribution in [1.82, 2.24) is 16.0 Å². The van der Waals surface area contributed by atoms with Crippen molar-refractivity contribution < 1.29 is 24.3 Å². The van der Waals surface area contributed by atoms with Crippen LogP contribution >= 0.6 is 0 Å². The Hall–Kier alpha value is -4.45. The molecule has 0 aromatic heterocycles. The normalized spacial score (nSPS) is 13.7. The molecule has 2 rings (SSSR count). The number of guanidine groups is 1. The first kappa shape index (κ1) is 33.8. The van der Waals surface area contributed by atoms with Gasteiger partial charge in [0, 0.05) is 19.4 Å². The first-order chi connectivity index (χ1) is 20.0. The number of nitrogens with two attached hydrogens (primary N) is 3.